The molecule has 4 unspecified atom stereocenters. The topological polar surface area (TPSA) is 125 Å². The summed E-state index contributed by atoms with van der Waals surface area (Å²) >= 11 is 0. The third-order valence-electron chi connectivity index (χ3n) is 4.60. The number of rotatable bonds is 7. The molecule has 0 aromatic heterocycles. The number of hydrogen-bond donors (Lipinski definition) is 4. The highest BCUT2D eigenvalue weighted by molar-refractivity contribution is 7.89. The normalized spacial score (nSPS) is 28.9. The quantitative estimate of drug-likeness (QED) is 0.499. The first-order chi connectivity index (χ1) is 12.3. The molecule has 3 rings (SSSR count). The number of amides is 1. The smallest absolute Gasteiger partial charge is 0.240 e. The van der Waals surface area contributed by atoms with Crippen LogP contribution in [0, 0.1) is 6.92 Å². The van der Waals surface area contributed by atoms with E-state index in [4.69, 9.17) is 4.74 Å². The number of hydrogen-bond acceptors (Lipinski definition) is 6. The van der Waals surface area contributed by atoms with Crippen LogP contribution in [-0.2, 0) is 19.6 Å². The van der Waals surface area contributed by atoms with E-state index >= 15 is 0 Å². The molecular weight excluding hydrogens is 360 g/mol. The van der Waals surface area contributed by atoms with E-state index in [1.807, 2.05) is 6.92 Å². The highest BCUT2D eigenvalue weighted by Crippen LogP contribution is 2.25. The second-order valence-corrected chi connectivity index (χ2v) is 8.67. The van der Waals surface area contributed by atoms with E-state index in [1.54, 1.807) is 12.1 Å². The first-order valence-corrected chi connectivity index (χ1v) is 10.1. The van der Waals surface area contributed by atoms with Gasteiger partial charge in [0, 0.05) is 12.6 Å². The molecule has 144 valence electrons. The van der Waals surface area contributed by atoms with Crippen molar-refractivity contribution in [2.75, 3.05) is 6.54 Å². The van der Waals surface area contributed by atoms with Crippen LogP contribution in [0.25, 0.3) is 0 Å². The van der Waals surface area contributed by atoms with E-state index in [0.29, 0.717) is 0 Å². The van der Waals surface area contributed by atoms with Crippen LogP contribution in [0.5, 0.6) is 0 Å². The van der Waals surface area contributed by atoms with Gasteiger partial charge in [-0.1, -0.05) is 17.7 Å². The fraction of sp³-hybridized carbons (Fsp3) is 0.588. The number of ether oxygens (including phenoxy) is 1. The van der Waals surface area contributed by atoms with Crippen LogP contribution >= 0.6 is 0 Å². The summed E-state index contributed by atoms with van der Waals surface area (Å²) < 4.78 is 32.5. The molecule has 1 amide bonds. The Morgan fingerprint density at radius 2 is 1.77 bits per heavy atom. The third-order valence-corrected chi connectivity index (χ3v) is 6.04. The Morgan fingerprint density at radius 3 is 2.38 bits per heavy atom. The molecule has 0 spiro atoms. The zero-order valence-corrected chi connectivity index (χ0v) is 15.3. The molecule has 1 aromatic rings. The van der Waals surface area contributed by atoms with E-state index in [1.165, 1.54) is 12.1 Å². The third kappa shape index (κ3) is 4.60. The lowest BCUT2D eigenvalue weighted by molar-refractivity contribution is -0.125. The molecule has 4 atom stereocenters. The van der Waals surface area contributed by atoms with Crippen molar-refractivity contribution in [1.82, 2.24) is 10.0 Å². The SMILES string of the molecule is Cc1ccc(S(=O)(=O)NCC2OC(CC(=O)NC3CC3)C(O)C2O)cc1. The minimum atomic E-state index is -3.76. The molecule has 1 aromatic carbocycles. The molecule has 0 radical (unpaired) electrons. The summed E-state index contributed by atoms with van der Waals surface area (Å²) in [7, 11) is -3.76. The van der Waals surface area contributed by atoms with Crippen LogP contribution < -0.4 is 10.0 Å². The summed E-state index contributed by atoms with van der Waals surface area (Å²) in [5.41, 5.74) is 0.939. The van der Waals surface area contributed by atoms with Crippen molar-refractivity contribution in [2.45, 2.75) is 61.5 Å². The van der Waals surface area contributed by atoms with Gasteiger partial charge in [0.05, 0.1) is 17.4 Å². The zero-order valence-electron chi connectivity index (χ0n) is 14.5. The summed E-state index contributed by atoms with van der Waals surface area (Å²) in [4.78, 5) is 12.0. The minimum Gasteiger partial charge on any atom is -0.388 e. The number of aliphatic hydroxyl groups is 2. The van der Waals surface area contributed by atoms with Crippen LogP contribution in [0.1, 0.15) is 24.8 Å². The van der Waals surface area contributed by atoms with Crippen LogP contribution in [-0.4, -0.2) is 61.5 Å². The summed E-state index contributed by atoms with van der Waals surface area (Å²) in [6, 6.07) is 6.55. The van der Waals surface area contributed by atoms with Gasteiger partial charge in [0.2, 0.25) is 15.9 Å². The minimum absolute atomic E-state index is 0.0735. The molecule has 1 saturated heterocycles. The number of aliphatic hydroxyl groups excluding tert-OH is 2. The Labute approximate surface area is 152 Å². The average molecular weight is 384 g/mol. The second kappa shape index (κ2) is 7.61. The summed E-state index contributed by atoms with van der Waals surface area (Å²) in [5, 5.41) is 23.0. The van der Waals surface area contributed by atoms with Crippen molar-refractivity contribution < 1.29 is 28.2 Å². The number of benzene rings is 1. The largest absolute Gasteiger partial charge is 0.388 e. The molecule has 2 fully saturated rings. The fourth-order valence-electron chi connectivity index (χ4n) is 2.85. The number of nitrogens with one attached hydrogen (secondary N) is 2. The van der Waals surface area contributed by atoms with Crippen molar-refractivity contribution in [3.63, 3.8) is 0 Å². The summed E-state index contributed by atoms with van der Waals surface area (Å²) in [5.74, 6) is -0.246. The fourth-order valence-corrected chi connectivity index (χ4v) is 3.90. The number of aryl methyl sites for hydroxylation is 1. The van der Waals surface area contributed by atoms with Gasteiger partial charge in [-0.2, -0.15) is 0 Å². The van der Waals surface area contributed by atoms with Gasteiger partial charge in [0.15, 0.2) is 0 Å². The van der Waals surface area contributed by atoms with E-state index in [0.717, 1.165) is 18.4 Å². The van der Waals surface area contributed by atoms with Crippen molar-refractivity contribution in [3.8, 4) is 0 Å². The lowest BCUT2D eigenvalue weighted by Gasteiger charge is -2.15. The first kappa shape index (κ1) is 19.2. The standard InChI is InChI=1S/C17H24N2O6S/c1-10-2-6-12(7-3-10)26(23,24)18-9-14-17(22)16(21)13(25-14)8-15(20)19-11-4-5-11/h2-3,6-7,11,13-14,16-18,21-22H,4-5,8-9H2,1H3,(H,19,20). The molecule has 1 heterocycles. The van der Waals surface area contributed by atoms with Gasteiger partial charge in [0.25, 0.3) is 0 Å². The van der Waals surface area contributed by atoms with Gasteiger partial charge in [0.1, 0.15) is 18.3 Å². The molecular formula is C17H24N2O6S. The highest BCUT2D eigenvalue weighted by atomic mass is 32.2. The van der Waals surface area contributed by atoms with Gasteiger partial charge < -0.3 is 20.3 Å². The van der Waals surface area contributed by atoms with Crippen LogP contribution in [0.3, 0.4) is 0 Å². The average Bonchev–Trinajstić information content (AvgIpc) is 3.36. The lowest BCUT2D eigenvalue weighted by Crippen LogP contribution is -2.40. The molecule has 1 aliphatic carbocycles. The molecule has 2 aliphatic rings. The molecule has 1 saturated carbocycles. The molecule has 0 bridgehead atoms. The zero-order chi connectivity index (χ0) is 18.9. The van der Waals surface area contributed by atoms with Crippen LogP contribution in [0.2, 0.25) is 0 Å². The summed E-state index contributed by atoms with van der Waals surface area (Å²) in [6.45, 7) is 1.66. The number of sulfonamides is 1. The molecule has 26 heavy (non-hydrogen) atoms. The molecule has 1 aliphatic heterocycles. The predicted octanol–water partition coefficient (Wildman–Crippen LogP) is -0.569. The van der Waals surface area contributed by atoms with E-state index < -0.39 is 34.4 Å². The van der Waals surface area contributed by atoms with Gasteiger partial charge >= 0.3 is 0 Å². The maximum Gasteiger partial charge on any atom is 0.240 e. The summed E-state index contributed by atoms with van der Waals surface area (Å²) in [6.07, 6.45) is -2.47. The van der Waals surface area contributed by atoms with E-state index in [-0.39, 0.29) is 29.8 Å². The number of carbonyl (C=O) groups is 1. The van der Waals surface area contributed by atoms with Gasteiger partial charge in [-0.25, -0.2) is 13.1 Å². The Morgan fingerprint density at radius 1 is 1.15 bits per heavy atom. The van der Waals surface area contributed by atoms with Crippen LogP contribution in [0.15, 0.2) is 29.2 Å². The van der Waals surface area contributed by atoms with Crippen LogP contribution in [0.4, 0.5) is 0 Å². The van der Waals surface area contributed by atoms with E-state index in [9.17, 15) is 23.4 Å². The Balaban J connectivity index is 1.55. The first-order valence-electron chi connectivity index (χ1n) is 8.63. The van der Waals surface area contributed by atoms with E-state index in [2.05, 4.69) is 10.0 Å². The molecule has 4 N–H and O–H groups in total. The van der Waals surface area contributed by atoms with Gasteiger partial charge in [-0.3, -0.25) is 4.79 Å². The van der Waals surface area contributed by atoms with Crippen molar-refractivity contribution in [1.29, 1.82) is 0 Å². The number of carbonyl (C=O) groups excluding carboxylic acids is 1. The Kier molecular flexibility index (Phi) is 5.64. The Bertz CT molecular complexity index is 747. The Hall–Kier alpha value is -1.52. The molecule has 9 heteroatoms. The highest BCUT2D eigenvalue weighted by Gasteiger charge is 2.44. The van der Waals surface area contributed by atoms with Gasteiger partial charge in [-0.05, 0) is 31.9 Å². The monoisotopic (exact) mass is 384 g/mol. The predicted molar refractivity (Wildman–Crippen MR) is 92.8 cm³/mol. The lowest BCUT2D eigenvalue weighted by atomic mass is 10.1. The second-order valence-electron chi connectivity index (χ2n) is 6.91. The van der Waals surface area contributed by atoms with Crippen molar-refractivity contribution >= 4 is 15.9 Å². The van der Waals surface area contributed by atoms with Crippen molar-refractivity contribution in [2.24, 2.45) is 0 Å². The van der Waals surface area contributed by atoms with Crippen molar-refractivity contribution in [3.05, 3.63) is 29.8 Å². The van der Waals surface area contributed by atoms with Gasteiger partial charge in [-0.15, -0.1) is 0 Å². The maximum atomic E-state index is 12.3. The maximum absolute atomic E-state index is 12.3. The molecule has 8 nitrogen and oxygen atoms in total.